The Labute approximate surface area is 105 Å². The van der Waals surface area contributed by atoms with Crippen molar-refractivity contribution in [2.24, 2.45) is 0 Å². The van der Waals surface area contributed by atoms with E-state index in [4.69, 9.17) is 4.43 Å². The Hall–Kier alpha value is -1.20. The van der Waals surface area contributed by atoms with Crippen molar-refractivity contribution in [1.29, 1.82) is 0 Å². The maximum atomic E-state index is 11.8. The normalized spacial score (nSPS) is 10.5. The Morgan fingerprint density at radius 3 is 2.00 bits per heavy atom. The van der Waals surface area contributed by atoms with E-state index in [1.807, 2.05) is 0 Å². The zero-order chi connectivity index (χ0) is 13.4. The average Bonchev–Trinajstić information content (AvgIpc) is 2.27. The summed E-state index contributed by atoms with van der Waals surface area (Å²) in [5.74, 6) is -0.644. The summed E-state index contributed by atoms with van der Waals surface area (Å²) in [6.07, 6.45) is 0.776. The largest absolute Gasteiger partial charge is 0.427 e. The summed E-state index contributed by atoms with van der Waals surface area (Å²) in [5.41, 5.74) is 0.729. The molecule has 0 saturated heterocycles. The van der Waals surface area contributed by atoms with Gasteiger partial charge in [0.2, 0.25) is 0 Å². The molecule has 96 valence electrons. The smallest absolute Gasteiger partial charge is 0.255 e. The highest BCUT2D eigenvalue weighted by molar-refractivity contribution is 6.26. The molecule has 0 atom stereocenters. The van der Waals surface area contributed by atoms with Gasteiger partial charge in [-0.15, -0.1) is 0 Å². The van der Waals surface area contributed by atoms with Gasteiger partial charge < -0.3 is 4.43 Å². The van der Waals surface area contributed by atoms with Crippen LogP contribution < -0.4 is 0 Å². The van der Waals surface area contributed by atoms with E-state index in [0.717, 1.165) is 12.5 Å². The molecule has 0 aromatic heterocycles. The molecule has 0 fully saturated rings. The highest BCUT2D eigenvalue weighted by atomic mass is 28.2. The van der Waals surface area contributed by atoms with Crippen molar-refractivity contribution in [1.82, 2.24) is 4.90 Å². The number of rotatable bonds is 7. The van der Waals surface area contributed by atoms with Crippen molar-refractivity contribution in [2.75, 3.05) is 13.7 Å². The maximum Gasteiger partial charge on any atom is 0.255 e. The molecule has 0 aliphatic heterocycles. The van der Waals surface area contributed by atoms with Crippen molar-refractivity contribution in [3.8, 4) is 0 Å². The van der Waals surface area contributed by atoms with Crippen LogP contribution in [0, 0.1) is 0 Å². The number of carbonyl (C=O) groups is 2. The molecule has 0 rings (SSSR count). The van der Waals surface area contributed by atoms with Crippen molar-refractivity contribution in [3.63, 3.8) is 0 Å². The third-order valence-corrected chi connectivity index (χ3v) is 3.40. The van der Waals surface area contributed by atoms with Crippen LogP contribution in [0.25, 0.3) is 0 Å². The summed E-state index contributed by atoms with van der Waals surface area (Å²) in [5, 5.41) is 0. The van der Waals surface area contributed by atoms with Gasteiger partial charge in [0.1, 0.15) is 0 Å². The fraction of sp³-hybridized carbons (Fsp3) is 0.500. The van der Waals surface area contributed by atoms with Crippen molar-refractivity contribution >= 4 is 21.6 Å². The summed E-state index contributed by atoms with van der Waals surface area (Å²) in [6, 6.07) is 0.944. The summed E-state index contributed by atoms with van der Waals surface area (Å²) >= 11 is 0. The van der Waals surface area contributed by atoms with E-state index in [0.29, 0.717) is 17.7 Å². The third kappa shape index (κ3) is 5.60. The van der Waals surface area contributed by atoms with Gasteiger partial charge in [0.15, 0.2) is 9.76 Å². The Balaban J connectivity index is 4.52. The SMILES string of the molecule is C=C(C)C(=O)N(CCC[SiH2]OC)C(=O)C(=C)C. The molecule has 0 unspecified atom stereocenters. The number of hydrogen-bond donors (Lipinski definition) is 0. The average molecular weight is 255 g/mol. The van der Waals surface area contributed by atoms with E-state index >= 15 is 0 Å². The van der Waals surface area contributed by atoms with Gasteiger partial charge in [-0.2, -0.15) is 0 Å². The van der Waals surface area contributed by atoms with Gasteiger partial charge in [-0.05, 0) is 26.3 Å². The minimum Gasteiger partial charge on any atom is -0.427 e. The summed E-state index contributed by atoms with van der Waals surface area (Å²) in [7, 11) is 1.18. The van der Waals surface area contributed by atoms with Crippen LogP contribution in [0.5, 0.6) is 0 Å². The number of nitrogens with zero attached hydrogens (tertiary/aromatic N) is 1. The van der Waals surface area contributed by atoms with E-state index in [9.17, 15) is 9.59 Å². The first kappa shape index (κ1) is 15.8. The van der Waals surface area contributed by atoms with E-state index in [2.05, 4.69) is 13.2 Å². The Morgan fingerprint density at radius 2 is 1.65 bits per heavy atom. The van der Waals surface area contributed by atoms with Gasteiger partial charge in [0.25, 0.3) is 11.8 Å². The highest BCUT2D eigenvalue weighted by Crippen LogP contribution is 2.07. The molecule has 0 aromatic carbocycles. The van der Waals surface area contributed by atoms with Crippen LogP contribution in [0.15, 0.2) is 24.3 Å². The van der Waals surface area contributed by atoms with Crippen molar-refractivity contribution in [2.45, 2.75) is 26.3 Å². The van der Waals surface area contributed by atoms with E-state index in [1.54, 1.807) is 21.0 Å². The number of imide groups is 1. The molecule has 0 N–H and O–H groups in total. The molecule has 17 heavy (non-hydrogen) atoms. The minimum atomic E-state index is -0.503. The first-order chi connectivity index (χ1) is 7.91. The van der Waals surface area contributed by atoms with Gasteiger partial charge in [0.05, 0.1) is 0 Å². The second kappa shape index (κ2) is 7.97. The van der Waals surface area contributed by atoms with Crippen LogP contribution in [0.3, 0.4) is 0 Å². The number of carbonyl (C=O) groups excluding carboxylic acids is 2. The minimum absolute atomic E-state index is 0.322. The zero-order valence-electron chi connectivity index (χ0n) is 10.9. The van der Waals surface area contributed by atoms with E-state index < -0.39 is 9.76 Å². The molecule has 0 spiro atoms. The molecular formula is C12H21NO3Si. The molecule has 0 aliphatic carbocycles. The Morgan fingerprint density at radius 1 is 1.18 bits per heavy atom. The fourth-order valence-corrected chi connectivity index (χ4v) is 1.99. The lowest BCUT2D eigenvalue weighted by atomic mass is 10.2. The summed E-state index contributed by atoms with van der Waals surface area (Å²) < 4.78 is 5.05. The molecule has 5 heteroatoms. The summed E-state index contributed by atoms with van der Waals surface area (Å²) in [6.45, 7) is 10.8. The Bertz CT molecular complexity index is 300. The number of hydrogen-bond acceptors (Lipinski definition) is 3. The van der Waals surface area contributed by atoms with Crippen molar-refractivity contribution < 1.29 is 14.0 Å². The van der Waals surface area contributed by atoms with Crippen molar-refractivity contribution in [3.05, 3.63) is 24.3 Å². The third-order valence-electron chi connectivity index (χ3n) is 2.20. The molecule has 0 aliphatic rings. The zero-order valence-corrected chi connectivity index (χ0v) is 12.3. The maximum absolute atomic E-state index is 11.8. The Kier molecular flexibility index (Phi) is 7.41. The molecule has 0 saturated carbocycles. The summed E-state index contributed by atoms with van der Waals surface area (Å²) in [4.78, 5) is 24.8. The molecule has 0 heterocycles. The van der Waals surface area contributed by atoms with Crippen LogP contribution in [-0.4, -0.2) is 40.1 Å². The van der Waals surface area contributed by atoms with Crippen LogP contribution in [0.1, 0.15) is 20.3 Å². The van der Waals surface area contributed by atoms with E-state index in [-0.39, 0.29) is 11.8 Å². The second-order valence-corrected chi connectivity index (χ2v) is 5.72. The van der Waals surface area contributed by atoms with Crippen LogP contribution in [0.2, 0.25) is 6.04 Å². The highest BCUT2D eigenvalue weighted by Gasteiger charge is 2.21. The predicted molar refractivity (Wildman–Crippen MR) is 71.3 cm³/mol. The van der Waals surface area contributed by atoms with Gasteiger partial charge in [-0.25, -0.2) is 0 Å². The van der Waals surface area contributed by atoms with E-state index in [1.165, 1.54) is 4.90 Å². The molecular weight excluding hydrogens is 234 g/mol. The standard InChI is InChI=1S/C12H21NO3Si/c1-9(2)11(14)13(12(15)10(3)4)7-6-8-17-16-5/h1,3,6-8,17H2,2,4-5H3. The van der Waals surface area contributed by atoms with Gasteiger partial charge in [-0.1, -0.05) is 13.2 Å². The first-order valence-electron chi connectivity index (χ1n) is 5.58. The lowest BCUT2D eigenvalue weighted by Crippen LogP contribution is -2.38. The fourth-order valence-electron chi connectivity index (χ4n) is 1.27. The van der Waals surface area contributed by atoms with Gasteiger partial charge >= 0.3 is 0 Å². The van der Waals surface area contributed by atoms with Gasteiger partial charge in [0, 0.05) is 24.8 Å². The van der Waals surface area contributed by atoms with Crippen LogP contribution in [0.4, 0.5) is 0 Å². The molecule has 0 radical (unpaired) electrons. The lowest BCUT2D eigenvalue weighted by molar-refractivity contribution is -0.140. The molecule has 4 nitrogen and oxygen atoms in total. The monoisotopic (exact) mass is 255 g/mol. The number of amides is 2. The second-order valence-electron chi connectivity index (χ2n) is 4.02. The molecule has 2 amide bonds. The first-order valence-corrected chi connectivity index (χ1v) is 7.15. The van der Waals surface area contributed by atoms with Crippen LogP contribution >= 0.6 is 0 Å². The topological polar surface area (TPSA) is 46.6 Å². The predicted octanol–water partition coefficient (Wildman–Crippen LogP) is 1.03. The van der Waals surface area contributed by atoms with Crippen LogP contribution in [-0.2, 0) is 14.0 Å². The lowest BCUT2D eigenvalue weighted by Gasteiger charge is -2.20. The molecule has 0 bridgehead atoms. The van der Waals surface area contributed by atoms with Gasteiger partial charge in [-0.3, -0.25) is 14.5 Å². The quantitative estimate of drug-likeness (QED) is 0.388. The molecule has 0 aromatic rings.